The van der Waals surface area contributed by atoms with Gasteiger partial charge in [0.05, 0.1) is 6.10 Å². The molecule has 80 valence electrons. The minimum absolute atomic E-state index is 0.134. The maximum atomic E-state index is 9.66. The first-order valence-electron chi connectivity index (χ1n) is 5.63. The summed E-state index contributed by atoms with van der Waals surface area (Å²) < 4.78 is 0. The van der Waals surface area contributed by atoms with Crippen LogP contribution < -0.4 is 10.4 Å². The van der Waals surface area contributed by atoms with Crippen LogP contribution in [0.1, 0.15) is 20.3 Å². The van der Waals surface area contributed by atoms with Gasteiger partial charge in [0.2, 0.25) is 0 Å². The summed E-state index contributed by atoms with van der Waals surface area (Å²) in [6.45, 7) is 4.25. The van der Waals surface area contributed by atoms with Gasteiger partial charge in [0.1, 0.15) is 0 Å². The normalized spacial score (nSPS) is 32.9. The Labute approximate surface area is 90.8 Å². The Balaban J connectivity index is 2.41. The van der Waals surface area contributed by atoms with Gasteiger partial charge >= 0.3 is 0 Å². The second kappa shape index (κ2) is 4.19. The van der Waals surface area contributed by atoms with Crippen LogP contribution in [0.25, 0.3) is 12.2 Å². The van der Waals surface area contributed by atoms with E-state index in [0.717, 1.165) is 6.42 Å². The molecular weight excluding hydrogens is 184 g/mol. The molecule has 1 aliphatic rings. The summed E-state index contributed by atoms with van der Waals surface area (Å²) in [5, 5.41) is 12.2. The third-order valence-electron chi connectivity index (χ3n) is 3.39. The molecule has 1 saturated carbocycles. The van der Waals surface area contributed by atoms with Crippen molar-refractivity contribution in [1.82, 2.24) is 0 Å². The van der Waals surface area contributed by atoms with Crippen LogP contribution in [0.4, 0.5) is 0 Å². The van der Waals surface area contributed by atoms with E-state index in [2.05, 4.69) is 37.3 Å². The van der Waals surface area contributed by atoms with Crippen LogP contribution in [0.2, 0.25) is 0 Å². The van der Waals surface area contributed by atoms with Gasteiger partial charge < -0.3 is 5.11 Å². The summed E-state index contributed by atoms with van der Waals surface area (Å²) in [4.78, 5) is 0. The Morgan fingerprint density at radius 2 is 1.93 bits per heavy atom. The Morgan fingerprint density at radius 3 is 2.47 bits per heavy atom. The zero-order chi connectivity index (χ0) is 10.8. The van der Waals surface area contributed by atoms with Crippen molar-refractivity contribution in [3.8, 4) is 0 Å². The zero-order valence-electron chi connectivity index (χ0n) is 9.35. The summed E-state index contributed by atoms with van der Waals surface area (Å²) >= 11 is 0. The molecular formula is C14H18O. The molecule has 1 nitrogen and oxygen atoms in total. The lowest BCUT2D eigenvalue weighted by Gasteiger charge is -2.37. The minimum atomic E-state index is -0.134. The molecule has 15 heavy (non-hydrogen) atoms. The van der Waals surface area contributed by atoms with E-state index in [1.807, 2.05) is 13.0 Å². The van der Waals surface area contributed by atoms with E-state index in [-0.39, 0.29) is 6.10 Å². The summed E-state index contributed by atoms with van der Waals surface area (Å²) in [7, 11) is 0. The van der Waals surface area contributed by atoms with Crippen molar-refractivity contribution < 1.29 is 5.11 Å². The van der Waals surface area contributed by atoms with Crippen LogP contribution in [-0.2, 0) is 0 Å². The average Bonchev–Trinajstić information content (AvgIpc) is 2.26. The highest BCUT2D eigenvalue weighted by atomic mass is 16.3. The summed E-state index contributed by atoms with van der Waals surface area (Å²) in [6, 6.07) is 8.33. The van der Waals surface area contributed by atoms with Crippen molar-refractivity contribution in [3.05, 3.63) is 34.7 Å². The Morgan fingerprint density at radius 1 is 1.27 bits per heavy atom. The van der Waals surface area contributed by atoms with Gasteiger partial charge in [0.15, 0.2) is 0 Å². The smallest absolute Gasteiger partial charge is 0.0608 e. The quantitative estimate of drug-likeness (QED) is 0.727. The molecule has 3 atom stereocenters. The van der Waals surface area contributed by atoms with E-state index in [0.29, 0.717) is 11.8 Å². The molecule has 0 heterocycles. The van der Waals surface area contributed by atoms with Gasteiger partial charge in [-0.15, -0.1) is 0 Å². The highest BCUT2D eigenvalue weighted by molar-refractivity contribution is 5.35. The predicted octanol–water partition coefficient (Wildman–Crippen LogP) is 1.28. The third kappa shape index (κ3) is 1.98. The highest BCUT2D eigenvalue weighted by Gasteiger charge is 2.34. The van der Waals surface area contributed by atoms with E-state index in [1.54, 1.807) is 0 Å². The molecule has 0 aliphatic heterocycles. The van der Waals surface area contributed by atoms with E-state index in [4.69, 9.17) is 0 Å². The summed E-state index contributed by atoms with van der Waals surface area (Å²) in [6.07, 6.45) is 5.14. The molecule has 3 unspecified atom stereocenters. The predicted molar refractivity (Wildman–Crippen MR) is 63.6 cm³/mol. The first-order chi connectivity index (χ1) is 7.22. The Bertz CT molecular complexity index is 439. The lowest BCUT2D eigenvalue weighted by Crippen LogP contribution is -2.40. The summed E-state index contributed by atoms with van der Waals surface area (Å²) in [5.41, 5.74) is 0. The second-order valence-corrected chi connectivity index (χ2v) is 4.44. The maximum Gasteiger partial charge on any atom is 0.0608 e. The molecule has 1 heteroatoms. The van der Waals surface area contributed by atoms with Crippen molar-refractivity contribution in [2.45, 2.75) is 26.4 Å². The topological polar surface area (TPSA) is 20.2 Å². The molecule has 0 amide bonds. The molecule has 0 aromatic heterocycles. The molecule has 1 fully saturated rings. The third-order valence-corrected chi connectivity index (χ3v) is 3.39. The van der Waals surface area contributed by atoms with Crippen LogP contribution in [0.3, 0.4) is 0 Å². The van der Waals surface area contributed by atoms with Crippen molar-refractivity contribution >= 4 is 12.2 Å². The van der Waals surface area contributed by atoms with Gasteiger partial charge in [-0.2, -0.15) is 0 Å². The number of hydrogen-bond donors (Lipinski definition) is 1. The molecule has 2 rings (SSSR count). The molecule has 0 saturated heterocycles. The number of aliphatic hydroxyl groups is 1. The summed E-state index contributed by atoms with van der Waals surface area (Å²) in [5.74, 6) is 0.955. The molecule has 1 aliphatic carbocycles. The van der Waals surface area contributed by atoms with Crippen molar-refractivity contribution in [2.75, 3.05) is 0 Å². The largest absolute Gasteiger partial charge is 0.392 e. The molecule has 0 spiro atoms. The second-order valence-electron chi connectivity index (χ2n) is 4.44. The van der Waals surface area contributed by atoms with Gasteiger partial charge in [0.25, 0.3) is 0 Å². The first-order valence-corrected chi connectivity index (χ1v) is 5.63. The van der Waals surface area contributed by atoms with Gasteiger partial charge in [0, 0.05) is 5.92 Å². The van der Waals surface area contributed by atoms with Gasteiger partial charge in [-0.1, -0.05) is 43.3 Å². The van der Waals surface area contributed by atoms with Gasteiger partial charge in [-0.3, -0.25) is 0 Å². The maximum absolute atomic E-state index is 9.66. The minimum Gasteiger partial charge on any atom is -0.392 e. The van der Waals surface area contributed by atoms with E-state index in [9.17, 15) is 5.11 Å². The molecule has 1 N–H and O–H groups in total. The van der Waals surface area contributed by atoms with Gasteiger partial charge in [-0.25, -0.2) is 0 Å². The number of benzene rings is 1. The van der Waals surface area contributed by atoms with Gasteiger partial charge in [-0.05, 0) is 29.7 Å². The number of rotatable bonds is 1. The van der Waals surface area contributed by atoms with Crippen molar-refractivity contribution in [3.63, 3.8) is 0 Å². The van der Waals surface area contributed by atoms with Crippen LogP contribution >= 0.6 is 0 Å². The van der Waals surface area contributed by atoms with E-state index >= 15 is 0 Å². The molecule has 0 bridgehead atoms. The van der Waals surface area contributed by atoms with E-state index in [1.165, 1.54) is 10.4 Å². The standard InChI is InChI=1S/C14H18O/c1-3-11-6-4-5-7-12(11)9-13-10(2)8-14(13)15/h3-7,9-10,13-15H,8H2,1-2H3/b11-3-,12-9-. The average molecular weight is 202 g/mol. The fraction of sp³-hybridized carbons (Fsp3) is 0.429. The molecule has 0 radical (unpaired) electrons. The Kier molecular flexibility index (Phi) is 2.92. The number of aliphatic hydroxyl groups excluding tert-OH is 1. The first kappa shape index (κ1) is 10.4. The van der Waals surface area contributed by atoms with Crippen LogP contribution in [-0.4, -0.2) is 11.2 Å². The lowest BCUT2D eigenvalue weighted by molar-refractivity contribution is 0.0103. The van der Waals surface area contributed by atoms with Crippen LogP contribution in [0, 0.1) is 11.8 Å². The van der Waals surface area contributed by atoms with Crippen molar-refractivity contribution in [1.29, 1.82) is 0 Å². The fourth-order valence-electron chi connectivity index (χ4n) is 2.29. The SMILES string of the molecule is C/C=c1/cccc/c1=C/C1C(C)CC1O. The van der Waals surface area contributed by atoms with Crippen LogP contribution in [0.5, 0.6) is 0 Å². The zero-order valence-corrected chi connectivity index (χ0v) is 9.35. The van der Waals surface area contributed by atoms with Crippen molar-refractivity contribution in [2.24, 2.45) is 11.8 Å². The lowest BCUT2D eigenvalue weighted by atomic mass is 9.72. The molecule has 1 aromatic rings. The number of hydrogen-bond acceptors (Lipinski definition) is 1. The Hall–Kier alpha value is -1.08. The van der Waals surface area contributed by atoms with Crippen LogP contribution in [0.15, 0.2) is 24.3 Å². The van der Waals surface area contributed by atoms with E-state index < -0.39 is 0 Å². The molecule has 1 aromatic carbocycles. The highest BCUT2D eigenvalue weighted by Crippen LogP contribution is 2.34. The fourth-order valence-corrected chi connectivity index (χ4v) is 2.29. The monoisotopic (exact) mass is 202 g/mol.